The van der Waals surface area contributed by atoms with E-state index in [1.54, 1.807) is 6.07 Å². The van der Waals surface area contributed by atoms with Gasteiger partial charge in [0.15, 0.2) is 0 Å². The fourth-order valence-corrected chi connectivity index (χ4v) is 2.52. The first-order valence-electron chi connectivity index (χ1n) is 6.66. The molecule has 1 N–H and O–H groups in total. The molecule has 1 unspecified atom stereocenters. The van der Waals surface area contributed by atoms with Crippen LogP contribution in [-0.4, -0.2) is 13.1 Å². The minimum Gasteiger partial charge on any atom is -0.316 e. The zero-order chi connectivity index (χ0) is 12.3. The Labute approximate surface area is 103 Å². The average Bonchev–Trinajstić information content (AvgIpc) is 2.33. The summed E-state index contributed by atoms with van der Waals surface area (Å²) in [6.45, 7) is 6.45. The van der Waals surface area contributed by atoms with Crippen molar-refractivity contribution in [2.75, 3.05) is 13.1 Å². The summed E-state index contributed by atoms with van der Waals surface area (Å²) in [6, 6.07) is 5.58. The normalized spacial score (nSPS) is 20.8. The van der Waals surface area contributed by atoms with E-state index in [1.807, 2.05) is 6.07 Å². The summed E-state index contributed by atoms with van der Waals surface area (Å²) >= 11 is 0. The lowest BCUT2D eigenvalue weighted by Crippen LogP contribution is -2.31. The molecule has 1 aliphatic rings. The Bertz CT molecular complexity index is 367. The molecule has 0 amide bonds. The maximum absolute atomic E-state index is 13.8. The average molecular weight is 235 g/mol. The number of hydrogen-bond acceptors (Lipinski definition) is 1. The van der Waals surface area contributed by atoms with E-state index < -0.39 is 0 Å². The maximum Gasteiger partial charge on any atom is 0.126 e. The maximum atomic E-state index is 13.8. The first kappa shape index (κ1) is 12.6. The molecule has 1 nitrogen and oxygen atoms in total. The van der Waals surface area contributed by atoms with Crippen molar-refractivity contribution in [2.45, 2.75) is 39.0 Å². The summed E-state index contributed by atoms with van der Waals surface area (Å²) in [7, 11) is 0. The monoisotopic (exact) mass is 235 g/mol. The minimum absolute atomic E-state index is 0.0417. The van der Waals surface area contributed by atoms with Gasteiger partial charge < -0.3 is 5.32 Å². The van der Waals surface area contributed by atoms with Crippen LogP contribution >= 0.6 is 0 Å². The fourth-order valence-electron chi connectivity index (χ4n) is 2.52. The van der Waals surface area contributed by atoms with Crippen LogP contribution in [0.2, 0.25) is 0 Å². The first-order valence-corrected chi connectivity index (χ1v) is 6.66. The molecule has 1 saturated heterocycles. The second-order valence-electron chi connectivity index (χ2n) is 5.42. The Morgan fingerprint density at radius 3 is 2.88 bits per heavy atom. The summed E-state index contributed by atoms with van der Waals surface area (Å²) in [4.78, 5) is 0. The molecule has 0 spiro atoms. The standard InChI is InChI=1S/C15H22FN/c1-11(2)13-5-6-15(16)14(9-13)8-12-4-3-7-17-10-12/h5-6,9,11-12,17H,3-4,7-8,10H2,1-2H3. The van der Waals surface area contributed by atoms with Crippen LogP contribution in [0.25, 0.3) is 0 Å². The Kier molecular flexibility index (Phi) is 4.16. The summed E-state index contributed by atoms with van der Waals surface area (Å²) in [5.41, 5.74) is 2.13. The lowest BCUT2D eigenvalue weighted by Gasteiger charge is -2.23. The van der Waals surface area contributed by atoms with Crippen LogP contribution < -0.4 is 5.32 Å². The van der Waals surface area contributed by atoms with Crippen LogP contribution in [0.1, 0.15) is 43.7 Å². The van der Waals surface area contributed by atoms with E-state index in [2.05, 4.69) is 25.2 Å². The van der Waals surface area contributed by atoms with Gasteiger partial charge in [0.2, 0.25) is 0 Å². The Morgan fingerprint density at radius 2 is 2.24 bits per heavy atom. The molecule has 0 aliphatic carbocycles. The number of halogens is 1. The number of nitrogens with one attached hydrogen (secondary N) is 1. The lowest BCUT2D eigenvalue weighted by molar-refractivity contribution is 0.372. The zero-order valence-electron chi connectivity index (χ0n) is 10.8. The highest BCUT2D eigenvalue weighted by Crippen LogP contribution is 2.22. The van der Waals surface area contributed by atoms with Crippen molar-refractivity contribution in [2.24, 2.45) is 5.92 Å². The number of hydrogen-bond donors (Lipinski definition) is 1. The topological polar surface area (TPSA) is 12.0 Å². The highest BCUT2D eigenvalue weighted by atomic mass is 19.1. The highest BCUT2D eigenvalue weighted by molar-refractivity contribution is 5.27. The highest BCUT2D eigenvalue weighted by Gasteiger charge is 2.16. The Morgan fingerprint density at radius 1 is 1.41 bits per heavy atom. The number of benzene rings is 1. The van der Waals surface area contributed by atoms with Crippen molar-refractivity contribution in [1.29, 1.82) is 0 Å². The van der Waals surface area contributed by atoms with Gasteiger partial charge in [0, 0.05) is 0 Å². The summed E-state index contributed by atoms with van der Waals surface area (Å²) in [5.74, 6) is 1.03. The van der Waals surface area contributed by atoms with Crippen LogP contribution in [0.3, 0.4) is 0 Å². The van der Waals surface area contributed by atoms with Gasteiger partial charge >= 0.3 is 0 Å². The molecule has 0 saturated carbocycles. The van der Waals surface area contributed by atoms with Crippen LogP contribution in [0.15, 0.2) is 18.2 Å². The molecule has 0 aromatic heterocycles. The van der Waals surface area contributed by atoms with Crippen LogP contribution in [-0.2, 0) is 6.42 Å². The van der Waals surface area contributed by atoms with Gasteiger partial charge in [-0.1, -0.05) is 26.0 Å². The van der Waals surface area contributed by atoms with Crippen molar-refractivity contribution >= 4 is 0 Å². The summed E-state index contributed by atoms with van der Waals surface area (Å²) in [6.07, 6.45) is 3.31. The van der Waals surface area contributed by atoms with Gasteiger partial charge in [-0.3, -0.25) is 0 Å². The van der Waals surface area contributed by atoms with Gasteiger partial charge in [-0.25, -0.2) is 4.39 Å². The Hall–Kier alpha value is -0.890. The molecule has 0 bridgehead atoms. The van der Waals surface area contributed by atoms with Gasteiger partial charge in [-0.15, -0.1) is 0 Å². The summed E-state index contributed by atoms with van der Waals surface area (Å²) < 4.78 is 13.8. The van der Waals surface area contributed by atoms with Crippen molar-refractivity contribution in [3.05, 3.63) is 35.1 Å². The van der Waals surface area contributed by atoms with E-state index in [0.29, 0.717) is 11.8 Å². The quantitative estimate of drug-likeness (QED) is 0.845. The van der Waals surface area contributed by atoms with Crippen LogP contribution in [0.4, 0.5) is 4.39 Å². The van der Waals surface area contributed by atoms with E-state index in [0.717, 1.165) is 25.1 Å². The van der Waals surface area contributed by atoms with Crippen LogP contribution in [0, 0.1) is 11.7 Å². The third-order valence-electron chi connectivity index (χ3n) is 3.64. The second-order valence-corrected chi connectivity index (χ2v) is 5.42. The van der Waals surface area contributed by atoms with Gasteiger partial charge in [0.05, 0.1) is 0 Å². The molecule has 1 aromatic rings. The number of rotatable bonds is 3. The molecule has 1 aliphatic heterocycles. The lowest BCUT2D eigenvalue weighted by atomic mass is 9.90. The molecule has 0 radical (unpaired) electrons. The van der Waals surface area contributed by atoms with E-state index in [1.165, 1.54) is 18.4 Å². The van der Waals surface area contributed by atoms with Crippen molar-refractivity contribution in [3.63, 3.8) is 0 Å². The smallest absolute Gasteiger partial charge is 0.126 e. The van der Waals surface area contributed by atoms with E-state index >= 15 is 0 Å². The zero-order valence-corrected chi connectivity index (χ0v) is 10.8. The third-order valence-corrected chi connectivity index (χ3v) is 3.64. The van der Waals surface area contributed by atoms with E-state index in [-0.39, 0.29) is 5.82 Å². The first-order chi connectivity index (χ1) is 8.16. The largest absolute Gasteiger partial charge is 0.316 e. The molecule has 1 atom stereocenters. The molecular weight excluding hydrogens is 213 g/mol. The molecule has 17 heavy (non-hydrogen) atoms. The summed E-state index contributed by atoms with van der Waals surface area (Å²) in [5, 5.41) is 3.39. The van der Waals surface area contributed by atoms with E-state index in [4.69, 9.17) is 0 Å². The second kappa shape index (κ2) is 5.63. The van der Waals surface area contributed by atoms with Crippen molar-refractivity contribution in [3.8, 4) is 0 Å². The van der Waals surface area contributed by atoms with Crippen LogP contribution in [0.5, 0.6) is 0 Å². The van der Waals surface area contributed by atoms with Gasteiger partial charge in [-0.2, -0.15) is 0 Å². The molecular formula is C15H22FN. The van der Waals surface area contributed by atoms with E-state index in [9.17, 15) is 4.39 Å². The Balaban J connectivity index is 2.10. The molecule has 2 heteroatoms. The van der Waals surface area contributed by atoms with Gasteiger partial charge in [0.1, 0.15) is 5.82 Å². The molecule has 1 fully saturated rings. The molecule has 94 valence electrons. The third kappa shape index (κ3) is 3.29. The fraction of sp³-hybridized carbons (Fsp3) is 0.600. The van der Waals surface area contributed by atoms with Gasteiger partial charge in [-0.05, 0) is 61.4 Å². The SMILES string of the molecule is CC(C)c1ccc(F)c(CC2CCCNC2)c1. The van der Waals surface area contributed by atoms with Gasteiger partial charge in [0.25, 0.3) is 0 Å². The van der Waals surface area contributed by atoms with Crippen molar-refractivity contribution < 1.29 is 4.39 Å². The predicted octanol–water partition coefficient (Wildman–Crippen LogP) is 3.49. The van der Waals surface area contributed by atoms with Crippen molar-refractivity contribution in [1.82, 2.24) is 5.32 Å². The molecule has 1 aromatic carbocycles. The predicted molar refractivity (Wildman–Crippen MR) is 69.8 cm³/mol. The minimum atomic E-state index is -0.0417. The molecule has 2 rings (SSSR count). The number of piperidine rings is 1. The molecule has 1 heterocycles.